The van der Waals surface area contributed by atoms with Crippen molar-refractivity contribution in [2.75, 3.05) is 39.5 Å². The van der Waals surface area contributed by atoms with Crippen molar-refractivity contribution in [2.24, 2.45) is 33.3 Å². The number of hydrogen-bond acceptors (Lipinski definition) is 6. The van der Waals surface area contributed by atoms with E-state index in [4.69, 9.17) is 43.6 Å². The summed E-state index contributed by atoms with van der Waals surface area (Å²) in [5, 5.41) is 38.7. The van der Waals surface area contributed by atoms with Crippen LogP contribution >= 0.6 is 0 Å². The summed E-state index contributed by atoms with van der Waals surface area (Å²) in [5.74, 6) is -0.153. The molecule has 0 rings (SSSR count). The molecule has 0 aromatic carbocycles. The third-order valence-corrected chi connectivity index (χ3v) is 4.26. The Morgan fingerprint density at radius 2 is 1.61 bits per heavy atom. The van der Waals surface area contributed by atoms with E-state index >= 15 is 0 Å². The molecule has 28 heavy (non-hydrogen) atoms. The van der Waals surface area contributed by atoms with Gasteiger partial charge in [0.1, 0.15) is 6.10 Å². The smallest absolute Gasteiger partial charge is 0.185 e. The van der Waals surface area contributed by atoms with E-state index in [1.165, 1.54) is 0 Å². The molecule has 0 fully saturated rings. The number of rotatable bonds is 16. The molecule has 2 unspecified atom stereocenters. The van der Waals surface area contributed by atoms with Crippen molar-refractivity contribution in [1.82, 2.24) is 10.6 Å². The third kappa shape index (κ3) is 13.8. The van der Waals surface area contributed by atoms with Gasteiger partial charge in [-0.15, -0.1) is 0 Å². The molecule has 14 N–H and O–H groups in total. The molecular weight excluding hydrogens is 366 g/mol. The van der Waals surface area contributed by atoms with Crippen molar-refractivity contribution in [2.45, 2.75) is 38.2 Å². The van der Waals surface area contributed by atoms with Gasteiger partial charge in [-0.25, -0.2) is 0 Å². The molecule has 0 saturated carbocycles. The van der Waals surface area contributed by atoms with E-state index in [9.17, 15) is 5.11 Å². The minimum absolute atomic E-state index is 0.0258. The average molecular weight is 404 g/mol. The second kappa shape index (κ2) is 14.7. The first-order valence-corrected chi connectivity index (χ1v) is 9.28. The van der Waals surface area contributed by atoms with Crippen LogP contribution in [0.1, 0.15) is 32.1 Å². The molecule has 0 amide bonds. The SMILES string of the molecule is N=C(N)NCCCC(CCCN=C(N)N)(CCNC(=N)N)COCC(O)CO. The zero-order chi connectivity index (χ0) is 21.4. The van der Waals surface area contributed by atoms with Crippen molar-refractivity contribution in [1.29, 1.82) is 10.8 Å². The number of ether oxygens (including phenoxy) is 1. The molecule has 0 aromatic heterocycles. The Hall–Kier alpha value is -2.31. The van der Waals surface area contributed by atoms with Gasteiger partial charge in [0.05, 0.1) is 19.8 Å². The molecule has 12 heteroatoms. The minimum Gasteiger partial charge on any atom is -0.394 e. The number of aliphatic hydroxyl groups is 2. The van der Waals surface area contributed by atoms with Gasteiger partial charge in [-0.1, -0.05) is 0 Å². The maximum Gasteiger partial charge on any atom is 0.185 e. The van der Waals surface area contributed by atoms with Gasteiger partial charge in [0.25, 0.3) is 0 Å². The molecule has 12 nitrogen and oxygen atoms in total. The molecule has 0 heterocycles. The van der Waals surface area contributed by atoms with Gasteiger partial charge in [0.15, 0.2) is 17.9 Å². The van der Waals surface area contributed by atoms with Crippen LogP contribution in [-0.4, -0.2) is 73.7 Å². The number of nitrogens with one attached hydrogen (secondary N) is 4. The molecule has 2 atom stereocenters. The van der Waals surface area contributed by atoms with E-state index < -0.39 is 6.10 Å². The van der Waals surface area contributed by atoms with E-state index in [1.54, 1.807) is 0 Å². The Morgan fingerprint density at radius 1 is 1.00 bits per heavy atom. The highest BCUT2D eigenvalue weighted by molar-refractivity contribution is 5.75. The van der Waals surface area contributed by atoms with Crippen LogP contribution in [0.3, 0.4) is 0 Å². The lowest BCUT2D eigenvalue weighted by atomic mass is 9.76. The largest absolute Gasteiger partial charge is 0.394 e. The topological polar surface area (TPSA) is 238 Å². The second-order valence-electron chi connectivity index (χ2n) is 6.80. The van der Waals surface area contributed by atoms with Crippen LogP contribution in [0.4, 0.5) is 0 Å². The molecule has 164 valence electrons. The van der Waals surface area contributed by atoms with Crippen molar-refractivity contribution in [3.63, 3.8) is 0 Å². The predicted octanol–water partition coefficient (Wildman–Crippen LogP) is -2.47. The maximum absolute atomic E-state index is 9.53. The van der Waals surface area contributed by atoms with Crippen molar-refractivity contribution < 1.29 is 14.9 Å². The van der Waals surface area contributed by atoms with Gasteiger partial charge in [-0.2, -0.15) is 0 Å². The third-order valence-electron chi connectivity index (χ3n) is 4.26. The maximum atomic E-state index is 9.53. The van der Waals surface area contributed by atoms with Crippen LogP contribution in [0.15, 0.2) is 4.99 Å². The lowest BCUT2D eigenvalue weighted by Gasteiger charge is -2.34. The first kappa shape index (κ1) is 25.7. The summed E-state index contributed by atoms with van der Waals surface area (Å²) in [6.45, 7) is 1.53. The highest BCUT2D eigenvalue weighted by Crippen LogP contribution is 2.34. The molecular formula is C16H37N9O3. The number of nitrogens with two attached hydrogens (primary N) is 4. The molecule has 0 radical (unpaired) electrons. The lowest BCUT2D eigenvalue weighted by molar-refractivity contribution is -0.0330. The van der Waals surface area contributed by atoms with Crippen LogP contribution in [-0.2, 0) is 4.74 Å². The Morgan fingerprint density at radius 3 is 2.18 bits per heavy atom. The van der Waals surface area contributed by atoms with Gasteiger partial charge in [0, 0.05) is 19.6 Å². The van der Waals surface area contributed by atoms with E-state index in [0.717, 1.165) is 25.7 Å². The Labute approximate surface area is 166 Å². The highest BCUT2D eigenvalue weighted by Gasteiger charge is 2.30. The fourth-order valence-corrected chi connectivity index (χ4v) is 2.87. The molecule has 0 spiro atoms. The number of aliphatic imine (C=N–C) groups is 1. The molecule has 0 saturated heterocycles. The highest BCUT2D eigenvalue weighted by atomic mass is 16.5. The fraction of sp³-hybridized carbons (Fsp3) is 0.812. The Balaban J connectivity index is 5.01. The number of aliphatic hydroxyl groups excluding tert-OH is 2. The Kier molecular flexibility index (Phi) is 13.5. The molecule has 0 aliphatic rings. The second-order valence-corrected chi connectivity index (χ2v) is 6.80. The fourth-order valence-electron chi connectivity index (χ4n) is 2.87. The summed E-state index contributed by atoms with van der Waals surface area (Å²) in [7, 11) is 0. The summed E-state index contributed by atoms with van der Waals surface area (Å²) >= 11 is 0. The van der Waals surface area contributed by atoms with Crippen LogP contribution in [0, 0.1) is 16.2 Å². The van der Waals surface area contributed by atoms with E-state index in [0.29, 0.717) is 32.7 Å². The van der Waals surface area contributed by atoms with Crippen LogP contribution in [0.25, 0.3) is 0 Å². The first-order chi connectivity index (χ1) is 13.2. The molecule has 0 aliphatic carbocycles. The normalized spacial score (nSPS) is 13.9. The summed E-state index contributed by atoms with van der Waals surface area (Å²) in [6, 6.07) is 0. The average Bonchev–Trinajstić information content (AvgIpc) is 2.61. The Bertz CT molecular complexity index is 486. The molecule has 0 aliphatic heterocycles. The van der Waals surface area contributed by atoms with Gasteiger partial charge in [0.2, 0.25) is 0 Å². The van der Waals surface area contributed by atoms with E-state index in [1.807, 2.05) is 0 Å². The van der Waals surface area contributed by atoms with Crippen LogP contribution in [0.2, 0.25) is 0 Å². The van der Waals surface area contributed by atoms with Gasteiger partial charge < -0.3 is 48.5 Å². The zero-order valence-corrected chi connectivity index (χ0v) is 16.4. The summed E-state index contributed by atoms with van der Waals surface area (Å²) < 4.78 is 5.67. The van der Waals surface area contributed by atoms with Gasteiger partial charge in [-0.3, -0.25) is 15.8 Å². The summed E-state index contributed by atoms with van der Waals surface area (Å²) in [5.41, 5.74) is 21.2. The lowest BCUT2D eigenvalue weighted by Crippen LogP contribution is -2.38. The zero-order valence-electron chi connectivity index (χ0n) is 16.4. The summed E-state index contributed by atoms with van der Waals surface area (Å²) in [4.78, 5) is 4.01. The number of nitrogens with zero attached hydrogens (tertiary/aromatic N) is 1. The quantitative estimate of drug-likeness (QED) is 0.0745. The molecule has 0 aromatic rings. The van der Waals surface area contributed by atoms with E-state index in [-0.39, 0.29) is 36.5 Å². The summed E-state index contributed by atoms with van der Waals surface area (Å²) in [6.07, 6.45) is 2.71. The van der Waals surface area contributed by atoms with E-state index in [2.05, 4.69) is 15.6 Å². The van der Waals surface area contributed by atoms with Crippen LogP contribution in [0.5, 0.6) is 0 Å². The number of guanidine groups is 3. The minimum atomic E-state index is -0.936. The standard InChI is InChI=1S/C16H37N9O3/c17-13(18)23-6-1-3-16(5-8-25-15(21)22,4-2-7-24-14(19)20)11-28-10-12(27)9-26/h12,26-27H,1-11H2,(H4,17,18,23)(H4,19,20,24)(H4,21,22,25). The van der Waals surface area contributed by atoms with Crippen molar-refractivity contribution >= 4 is 17.9 Å². The monoisotopic (exact) mass is 403 g/mol. The van der Waals surface area contributed by atoms with Gasteiger partial charge >= 0.3 is 0 Å². The predicted molar refractivity (Wildman–Crippen MR) is 110 cm³/mol. The molecule has 0 bridgehead atoms. The van der Waals surface area contributed by atoms with Crippen molar-refractivity contribution in [3.05, 3.63) is 0 Å². The van der Waals surface area contributed by atoms with Crippen LogP contribution < -0.4 is 33.6 Å². The number of hydrogen-bond donors (Lipinski definition) is 10. The first-order valence-electron chi connectivity index (χ1n) is 9.28. The van der Waals surface area contributed by atoms with Crippen molar-refractivity contribution in [3.8, 4) is 0 Å². The van der Waals surface area contributed by atoms with Gasteiger partial charge in [-0.05, 0) is 37.5 Å².